The highest BCUT2D eigenvalue weighted by molar-refractivity contribution is 5.92. The predicted octanol–water partition coefficient (Wildman–Crippen LogP) is 1.94. The standard InChI is InChI=1S/C11H14NO/c1-8(2)6-9-4-3-5-10(7-9)11(12)13/h3-5,7H,6H2,1-2H3,(H2,12,13). The molecule has 1 aromatic rings. The summed E-state index contributed by atoms with van der Waals surface area (Å²) in [5, 5.41) is 0. The number of benzene rings is 1. The zero-order valence-electron chi connectivity index (χ0n) is 8.00. The van der Waals surface area contributed by atoms with Gasteiger partial charge in [-0.2, -0.15) is 0 Å². The number of hydrogen-bond donors (Lipinski definition) is 1. The largest absolute Gasteiger partial charge is 0.366 e. The van der Waals surface area contributed by atoms with Gasteiger partial charge < -0.3 is 5.73 Å². The summed E-state index contributed by atoms with van der Waals surface area (Å²) in [5.74, 6) is 0.956. The molecule has 0 atom stereocenters. The smallest absolute Gasteiger partial charge is 0.248 e. The highest BCUT2D eigenvalue weighted by atomic mass is 16.1. The second-order valence-corrected chi connectivity index (χ2v) is 3.45. The van der Waals surface area contributed by atoms with E-state index in [4.69, 9.17) is 5.73 Å². The van der Waals surface area contributed by atoms with Crippen LogP contribution in [0.25, 0.3) is 0 Å². The molecule has 0 aromatic heterocycles. The minimum absolute atomic E-state index is 0.365. The average Bonchev–Trinajstić information content (AvgIpc) is 2.03. The van der Waals surface area contributed by atoms with Gasteiger partial charge in [-0.1, -0.05) is 26.0 Å². The zero-order chi connectivity index (χ0) is 9.84. The van der Waals surface area contributed by atoms with Crippen LogP contribution in [0.15, 0.2) is 24.3 Å². The molecular weight excluding hydrogens is 162 g/mol. The van der Waals surface area contributed by atoms with Crippen LogP contribution in [0.2, 0.25) is 0 Å². The van der Waals surface area contributed by atoms with E-state index < -0.39 is 0 Å². The molecule has 0 spiro atoms. The molecule has 0 saturated heterocycles. The summed E-state index contributed by atoms with van der Waals surface area (Å²) >= 11 is 0. The molecule has 1 rings (SSSR count). The molecule has 1 radical (unpaired) electrons. The number of rotatable bonds is 3. The number of nitrogens with two attached hydrogens (primary N) is 1. The summed E-state index contributed by atoms with van der Waals surface area (Å²) in [6, 6.07) is 7.43. The second kappa shape index (κ2) is 4.08. The fraction of sp³-hybridized carbons (Fsp3) is 0.273. The molecule has 0 aliphatic carbocycles. The fourth-order valence-electron chi connectivity index (χ4n) is 1.24. The Labute approximate surface area is 78.8 Å². The molecule has 2 N–H and O–H groups in total. The Morgan fingerprint density at radius 3 is 2.62 bits per heavy atom. The van der Waals surface area contributed by atoms with Crippen molar-refractivity contribution in [2.45, 2.75) is 20.3 Å². The van der Waals surface area contributed by atoms with E-state index >= 15 is 0 Å². The normalized spacial score (nSPS) is 10.4. The molecule has 2 nitrogen and oxygen atoms in total. The number of amides is 1. The molecule has 13 heavy (non-hydrogen) atoms. The van der Waals surface area contributed by atoms with Crippen LogP contribution >= 0.6 is 0 Å². The molecule has 1 amide bonds. The van der Waals surface area contributed by atoms with Crippen molar-refractivity contribution in [2.24, 2.45) is 5.73 Å². The van der Waals surface area contributed by atoms with E-state index in [1.54, 1.807) is 6.07 Å². The van der Waals surface area contributed by atoms with E-state index in [0.717, 1.165) is 12.0 Å². The van der Waals surface area contributed by atoms with E-state index in [-0.39, 0.29) is 5.91 Å². The molecule has 1 aromatic carbocycles. The Balaban J connectivity index is 2.85. The first-order chi connectivity index (χ1) is 6.09. The summed E-state index contributed by atoms with van der Waals surface area (Å²) in [6.45, 7) is 4.13. The lowest BCUT2D eigenvalue weighted by atomic mass is 10.0. The molecule has 0 fully saturated rings. The van der Waals surface area contributed by atoms with Crippen LogP contribution in [0.4, 0.5) is 0 Å². The first-order valence-corrected chi connectivity index (χ1v) is 4.27. The Bertz CT molecular complexity index is 305. The Hall–Kier alpha value is -1.31. The molecule has 0 saturated carbocycles. The van der Waals surface area contributed by atoms with E-state index in [9.17, 15) is 4.79 Å². The summed E-state index contributed by atoms with van der Waals surface area (Å²) in [6.07, 6.45) is 0.904. The van der Waals surface area contributed by atoms with Gasteiger partial charge in [-0.05, 0) is 30.0 Å². The lowest BCUT2D eigenvalue weighted by Crippen LogP contribution is -2.11. The SMILES string of the molecule is C[C](C)Cc1cccc(C(N)=O)c1. The molecule has 2 heteroatoms. The first kappa shape index (κ1) is 9.78. The summed E-state index contributed by atoms with van der Waals surface area (Å²) < 4.78 is 0. The van der Waals surface area contributed by atoms with Crippen molar-refractivity contribution in [1.82, 2.24) is 0 Å². The van der Waals surface area contributed by atoms with Crippen LogP contribution < -0.4 is 5.73 Å². The van der Waals surface area contributed by atoms with Gasteiger partial charge in [-0.15, -0.1) is 0 Å². The average molecular weight is 176 g/mol. The van der Waals surface area contributed by atoms with Gasteiger partial charge in [0, 0.05) is 5.56 Å². The van der Waals surface area contributed by atoms with Crippen LogP contribution in [0.1, 0.15) is 29.8 Å². The van der Waals surface area contributed by atoms with E-state index in [0.29, 0.717) is 5.56 Å². The molecule has 69 valence electrons. The maximum absolute atomic E-state index is 10.9. The van der Waals surface area contributed by atoms with Gasteiger partial charge in [0.25, 0.3) is 0 Å². The Kier molecular flexibility index (Phi) is 3.07. The van der Waals surface area contributed by atoms with Crippen LogP contribution in [-0.2, 0) is 6.42 Å². The number of carbonyl (C=O) groups excluding carboxylic acids is 1. The van der Waals surface area contributed by atoms with Crippen LogP contribution in [0.3, 0.4) is 0 Å². The van der Waals surface area contributed by atoms with Crippen molar-refractivity contribution in [1.29, 1.82) is 0 Å². The van der Waals surface area contributed by atoms with Gasteiger partial charge in [0.2, 0.25) is 5.91 Å². The topological polar surface area (TPSA) is 43.1 Å². The lowest BCUT2D eigenvalue weighted by molar-refractivity contribution is 0.1000. The van der Waals surface area contributed by atoms with Gasteiger partial charge in [0.1, 0.15) is 0 Å². The number of primary amides is 1. The van der Waals surface area contributed by atoms with Gasteiger partial charge in [0.15, 0.2) is 0 Å². The van der Waals surface area contributed by atoms with Gasteiger partial charge >= 0.3 is 0 Å². The molecule has 0 bridgehead atoms. The summed E-state index contributed by atoms with van der Waals surface area (Å²) in [5.41, 5.74) is 6.89. The zero-order valence-corrected chi connectivity index (χ0v) is 8.00. The number of carbonyl (C=O) groups is 1. The highest BCUT2D eigenvalue weighted by Gasteiger charge is 2.02. The van der Waals surface area contributed by atoms with Crippen molar-refractivity contribution in [3.8, 4) is 0 Å². The fourth-order valence-corrected chi connectivity index (χ4v) is 1.24. The molecule has 0 aliphatic heterocycles. The minimum atomic E-state index is -0.365. The van der Waals surface area contributed by atoms with Crippen LogP contribution in [0, 0.1) is 5.92 Å². The van der Waals surface area contributed by atoms with Crippen molar-refractivity contribution in [2.75, 3.05) is 0 Å². The predicted molar refractivity (Wildman–Crippen MR) is 53.3 cm³/mol. The van der Waals surface area contributed by atoms with Crippen LogP contribution in [0.5, 0.6) is 0 Å². The maximum atomic E-state index is 10.9. The molecule has 0 unspecified atom stereocenters. The van der Waals surface area contributed by atoms with Crippen LogP contribution in [-0.4, -0.2) is 5.91 Å². The quantitative estimate of drug-likeness (QED) is 0.751. The first-order valence-electron chi connectivity index (χ1n) is 4.27. The van der Waals surface area contributed by atoms with Gasteiger partial charge in [0.05, 0.1) is 0 Å². The van der Waals surface area contributed by atoms with Crippen molar-refractivity contribution >= 4 is 5.91 Å². The van der Waals surface area contributed by atoms with E-state index in [1.807, 2.05) is 18.2 Å². The maximum Gasteiger partial charge on any atom is 0.248 e. The van der Waals surface area contributed by atoms with Crippen molar-refractivity contribution in [3.63, 3.8) is 0 Å². The second-order valence-electron chi connectivity index (χ2n) is 3.45. The third-order valence-electron chi connectivity index (χ3n) is 1.77. The van der Waals surface area contributed by atoms with Gasteiger partial charge in [-0.3, -0.25) is 4.79 Å². The van der Waals surface area contributed by atoms with E-state index in [1.165, 1.54) is 5.92 Å². The molecular formula is C11H14NO. The lowest BCUT2D eigenvalue weighted by Gasteiger charge is -2.04. The Morgan fingerprint density at radius 2 is 2.08 bits per heavy atom. The van der Waals surface area contributed by atoms with Crippen molar-refractivity contribution < 1.29 is 4.79 Å². The third-order valence-corrected chi connectivity index (χ3v) is 1.77. The van der Waals surface area contributed by atoms with E-state index in [2.05, 4.69) is 13.8 Å². The van der Waals surface area contributed by atoms with Crippen molar-refractivity contribution in [3.05, 3.63) is 41.3 Å². The summed E-state index contributed by atoms with van der Waals surface area (Å²) in [4.78, 5) is 10.9. The highest BCUT2D eigenvalue weighted by Crippen LogP contribution is 2.11. The summed E-state index contributed by atoms with van der Waals surface area (Å²) in [7, 11) is 0. The molecule has 0 heterocycles. The third kappa shape index (κ3) is 2.90. The number of hydrogen-bond acceptors (Lipinski definition) is 1. The van der Waals surface area contributed by atoms with Gasteiger partial charge in [-0.25, -0.2) is 0 Å². The minimum Gasteiger partial charge on any atom is -0.366 e. The Morgan fingerprint density at radius 1 is 1.38 bits per heavy atom. The molecule has 0 aliphatic rings. The monoisotopic (exact) mass is 176 g/mol.